The van der Waals surface area contributed by atoms with Crippen molar-refractivity contribution < 1.29 is 14.6 Å². The number of carbonyl (C=O) groups is 1. The van der Waals surface area contributed by atoms with Crippen molar-refractivity contribution in [1.29, 1.82) is 0 Å². The van der Waals surface area contributed by atoms with Gasteiger partial charge in [0.05, 0.1) is 29.2 Å². The lowest BCUT2D eigenvalue weighted by Crippen LogP contribution is -2.39. The van der Waals surface area contributed by atoms with Gasteiger partial charge in [0.25, 0.3) is 0 Å². The first kappa shape index (κ1) is 17.8. The van der Waals surface area contributed by atoms with Crippen molar-refractivity contribution in [2.75, 3.05) is 13.7 Å². The van der Waals surface area contributed by atoms with E-state index in [4.69, 9.17) is 27.9 Å². The zero-order valence-corrected chi connectivity index (χ0v) is 15.3. The molecule has 1 heterocycles. The lowest BCUT2D eigenvalue weighted by atomic mass is 9.93. The van der Waals surface area contributed by atoms with Crippen LogP contribution in [0, 0.1) is 5.92 Å². The van der Waals surface area contributed by atoms with E-state index in [0.29, 0.717) is 40.4 Å². The van der Waals surface area contributed by atoms with Crippen LogP contribution < -0.4 is 4.74 Å². The third-order valence-electron chi connectivity index (χ3n) is 5.26. The number of hydrogen-bond donors (Lipinski definition) is 1. The molecule has 0 spiro atoms. The second-order valence-corrected chi connectivity index (χ2v) is 7.48. The van der Waals surface area contributed by atoms with Crippen LogP contribution in [0.3, 0.4) is 0 Å². The minimum Gasteiger partial charge on any atom is -0.497 e. The van der Waals surface area contributed by atoms with Crippen molar-refractivity contribution >= 4 is 29.1 Å². The van der Waals surface area contributed by atoms with E-state index in [1.165, 1.54) is 26.4 Å². The van der Waals surface area contributed by atoms with Crippen LogP contribution in [0.4, 0.5) is 0 Å². The van der Waals surface area contributed by atoms with Gasteiger partial charge in [0.1, 0.15) is 5.75 Å². The standard InChI is InChI=1S/C18H23Cl2NO3/c1-24-12-9-14(19)16(15(20)10-12)17(22)13-7-8-21(18(13)23)11-5-3-2-4-6-11/h9-11,13,17,22H,2-8H2,1H3. The van der Waals surface area contributed by atoms with E-state index in [1.807, 2.05) is 4.90 Å². The Morgan fingerprint density at radius 2 is 1.79 bits per heavy atom. The first-order valence-electron chi connectivity index (χ1n) is 8.54. The van der Waals surface area contributed by atoms with E-state index in [0.717, 1.165) is 12.8 Å². The first-order chi connectivity index (χ1) is 11.5. The van der Waals surface area contributed by atoms with Crippen molar-refractivity contribution in [1.82, 2.24) is 4.90 Å². The van der Waals surface area contributed by atoms with Gasteiger partial charge in [0.15, 0.2) is 0 Å². The minimum atomic E-state index is -0.989. The van der Waals surface area contributed by atoms with Gasteiger partial charge in [-0.15, -0.1) is 0 Å². The van der Waals surface area contributed by atoms with E-state index in [1.54, 1.807) is 12.1 Å². The maximum atomic E-state index is 12.8. The summed E-state index contributed by atoms with van der Waals surface area (Å²) in [5, 5.41) is 11.4. The number of carbonyl (C=O) groups excluding carboxylic acids is 1. The highest BCUT2D eigenvalue weighted by atomic mass is 35.5. The Labute approximate surface area is 152 Å². The highest BCUT2D eigenvalue weighted by molar-refractivity contribution is 6.36. The summed E-state index contributed by atoms with van der Waals surface area (Å²) in [4.78, 5) is 14.8. The molecule has 24 heavy (non-hydrogen) atoms. The molecule has 6 heteroatoms. The summed E-state index contributed by atoms with van der Waals surface area (Å²) in [5.74, 6) is 0.0789. The quantitative estimate of drug-likeness (QED) is 0.861. The Morgan fingerprint density at radius 1 is 1.17 bits per heavy atom. The molecule has 1 aromatic rings. The summed E-state index contributed by atoms with van der Waals surface area (Å²) in [5.41, 5.74) is 0.419. The molecule has 0 radical (unpaired) electrons. The van der Waals surface area contributed by atoms with E-state index in [9.17, 15) is 9.90 Å². The van der Waals surface area contributed by atoms with Crippen LogP contribution in [-0.2, 0) is 4.79 Å². The third kappa shape index (κ3) is 3.37. The van der Waals surface area contributed by atoms with Crippen LogP contribution in [-0.4, -0.2) is 35.6 Å². The summed E-state index contributed by atoms with van der Waals surface area (Å²) >= 11 is 12.5. The van der Waals surface area contributed by atoms with Crippen LogP contribution in [0.5, 0.6) is 5.75 Å². The number of ether oxygens (including phenoxy) is 1. The Morgan fingerprint density at radius 3 is 2.38 bits per heavy atom. The van der Waals surface area contributed by atoms with Gasteiger partial charge in [-0.3, -0.25) is 4.79 Å². The molecule has 3 rings (SSSR count). The van der Waals surface area contributed by atoms with Gasteiger partial charge >= 0.3 is 0 Å². The molecule has 0 bridgehead atoms. The number of rotatable bonds is 4. The molecule has 1 saturated heterocycles. The number of benzene rings is 1. The fraction of sp³-hybridized carbons (Fsp3) is 0.611. The average Bonchev–Trinajstić information content (AvgIpc) is 2.96. The Balaban J connectivity index is 1.78. The van der Waals surface area contributed by atoms with Crippen molar-refractivity contribution in [3.8, 4) is 5.75 Å². The number of hydrogen-bond acceptors (Lipinski definition) is 3. The topological polar surface area (TPSA) is 49.8 Å². The van der Waals surface area contributed by atoms with Crippen LogP contribution in [0.2, 0.25) is 10.0 Å². The van der Waals surface area contributed by atoms with Crippen LogP contribution in [0.15, 0.2) is 12.1 Å². The molecule has 2 atom stereocenters. The lowest BCUT2D eigenvalue weighted by Gasteiger charge is -2.31. The van der Waals surface area contributed by atoms with E-state index < -0.39 is 12.0 Å². The fourth-order valence-corrected chi connectivity index (χ4v) is 4.63. The maximum Gasteiger partial charge on any atom is 0.228 e. The fourth-order valence-electron chi connectivity index (χ4n) is 3.94. The highest BCUT2D eigenvalue weighted by Crippen LogP contribution is 2.41. The molecular formula is C18H23Cl2NO3. The van der Waals surface area contributed by atoms with Crippen LogP contribution >= 0.6 is 23.2 Å². The van der Waals surface area contributed by atoms with Gasteiger partial charge in [-0.05, 0) is 31.4 Å². The second kappa shape index (κ2) is 7.51. The SMILES string of the molecule is COc1cc(Cl)c(C(O)C2CCN(C3CCCCC3)C2=O)c(Cl)c1. The van der Waals surface area contributed by atoms with Gasteiger partial charge in [-0.25, -0.2) is 0 Å². The Kier molecular flexibility index (Phi) is 5.58. The molecule has 0 aromatic heterocycles. The van der Waals surface area contributed by atoms with Crippen LogP contribution in [0.25, 0.3) is 0 Å². The largest absolute Gasteiger partial charge is 0.497 e. The minimum absolute atomic E-state index is 0.0253. The Bertz CT molecular complexity index is 593. The van der Waals surface area contributed by atoms with Gasteiger partial charge in [-0.1, -0.05) is 42.5 Å². The summed E-state index contributed by atoms with van der Waals surface area (Å²) in [6, 6.07) is 3.56. The van der Waals surface area contributed by atoms with Gasteiger partial charge < -0.3 is 14.7 Å². The average molecular weight is 372 g/mol. The molecule has 1 aliphatic carbocycles. The van der Waals surface area contributed by atoms with E-state index in [2.05, 4.69) is 0 Å². The number of aliphatic hydroxyl groups is 1. The molecule has 1 N–H and O–H groups in total. The smallest absolute Gasteiger partial charge is 0.228 e. The molecule has 1 amide bonds. The number of aliphatic hydroxyl groups excluding tert-OH is 1. The van der Waals surface area contributed by atoms with E-state index in [-0.39, 0.29) is 5.91 Å². The molecular weight excluding hydrogens is 349 g/mol. The number of halogens is 2. The molecule has 4 nitrogen and oxygen atoms in total. The normalized spacial score (nSPS) is 23.6. The second-order valence-electron chi connectivity index (χ2n) is 6.67. The molecule has 1 aromatic carbocycles. The monoisotopic (exact) mass is 371 g/mol. The van der Waals surface area contributed by atoms with Crippen molar-refractivity contribution in [2.45, 2.75) is 50.7 Å². The van der Waals surface area contributed by atoms with E-state index >= 15 is 0 Å². The third-order valence-corrected chi connectivity index (χ3v) is 5.89. The number of nitrogens with zero attached hydrogens (tertiary/aromatic N) is 1. The van der Waals surface area contributed by atoms with Gasteiger partial charge in [0.2, 0.25) is 5.91 Å². The molecule has 2 fully saturated rings. The summed E-state index contributed by atoms with van der Waals surface area (Å²) in [6.07, 6.45) is 5.39. The van der Waals surface area contributed by atoms with Crippen molar-refractivity contribution in [2.24, 2.45) is 5.92 Å². The molecule has 1 aliphatic heterocycles. The van der Waals surface area contributed by atoms with Gasteiger partial charge in [0, 0.05) is 18.2 Å². The van der Waals surface area contributed by atoms with Gasteiger partial charge in [-0.2, -0.15) is 0 Å². The maximum absolute atomic E-state index is 12.8. The Hall–Kier alpha value is -0.970. The van der Waals surface area contributed by atoms with Crippen molar-refractivity contribution in [3.63, 3.8) is 0 Å². The zero-order chi connectivity index (χ0) is 17.3. The number of methoxy groups -OCH3 is 1. The predicted octanol–water partition coefficient (Wildman–Crippen LogP) is 4.22. The molecule has 2 unspecified atom stereocenters. The summed E-state index contributed by atoms with van der Waals surface area (Å²) in [7, 11) is 1.53. The number of likely N-dealkylation sites (tertiary alicyclic amines) is 1. The summed E-state index contributed by atoms with van der Waals surface area (Å²) < 4.78 is 5.13. The first-order valence-corrected chi connectivity index (χ1v) is 9.30. The number of amides is 1. The zero-order valence-electron chi connectivity index (χ0n) is 13.8. The lowest BCUT2D eigenvalue weighted by molar-refractivity contribution is -0.136. The molecule has 2 aliphatic rings. The highest BCUT2D eigenvalue weighted by Gasteiger charge is 2.41. The predicted molar refractivity (Wildman–Crippen MR) is 94.7 cm³/mol. The van der Waals surface area contributed by atoms with Crippen molar-refractivity contribution in [3.05, 3.63) is 27.7 Å². The summed E-state index contributed by atoms with van der Waals surface area (Å²) in [6.45, 7) is 0.705. The molecule has 1 saturated carbocycles. The van der Waals surface area contributed by atoms with Crippen LogP contribution in [0.1, 0.15) is 50.2 Å². The molecule has 132 valence electrons.